The lowest BCUT2D eigenvalue weighted by atomic mass is 9.86. The number of nitrogens with one attached hydrogen (secondary N) is 1. The van der Waals surface area contributed by atoms with Crippen molar-refractivity contribution < 1.29 is 4.74 Å². The Morgan fingerprint density at radius 3 is 2.33 bits per heavy atom. The fourth-order valence-electron chi connectivity index (χ4n) is 2.92. The van der Waals surface area contributed by atoms with Gasteiger partial charge in [0.15, 0.2) is 0 Å². The number of nitrogens with zero attached hydrogens (tertiary/aromatic N) is 1. The average Bonchev–Trinajstić information content (AvgIpc) is 3.09. The normalized spacial score (nSPS) is 33.3. The molecule has 106 valence electrons. The highest BCUT2D eigenvalue weighted by Crippen LogP contribution is 2.26. The zero-order chi connectivity index (χ0) is 13.2. The summed E-state index contributed by atoms with van der Waals surface area (Å²) in [6, 6.07) is 0.818. The Labute approximate surface area is 112 Å². The highest BCUT2D eigenvalue weighted by atomic mass is 16.5. The van der Waals surface area contributed by atoms with E-state index in [0.717, 1.165) is 25.7 Å². The topological polar surface area (TPSA) is 24.5 Å². The third-order valence-electron chi connectivity index (χ3n) is 4.35. The number of hydrogen-bond acceptors (Lipinski definition) is 3. The van der Waals surface area contributed by atoms with Gasteiger partial charge in [-0.3, -0.25) is 4.90 Å². The van der Waals surface area contributed by atoms with E-state index in [1.165, 1.54) is 25.8 Å². The predicted molar refractivity (Wildman–Crippen MR) is 75.9 cm³/mol. The van der Waals surface area contributed by atoms with E-state index < -0.39 is 0 Å². The van der Waals surface area contributed by atoms with Gasteiger partial charge in [0.25, 0.3) is 0 Å². The van der Waals surface area contributed by atoms with Crippen molar-refractivity contribution >= 4 is 0 Å². The second kappa shape index (κ2) is 5.89. The Morgan fingerprint density at radius 2 is 1.83 bits per heavy atom. The average molecular weight is 254 g/mol. The molecule has 2 aliphatic rings. The van der Waals surface area contributed by atoms with Crippen molar-refractivity contribution in [2.24, 2.45) is 5.41 Å². The number of ether oxygens (including phenoxy) is 1. The minimum atomic E-state index is 0.381. The molecule has 3 nitrogen and oxygen atoms in total. The van der Waals surface area contributed by atoms with Gasteiger partial charge in [-0.25, -0.2) is 0 Å². The summed E-state index contributed by atoms with van der Waals surface area (Å²) < 4.78 is 5.82. The molecule has 18 heavy (non-hydrogen) atoms. The molecule has 0 spiro atoms. The summed E-state index contributed by atoms with van der Waals surface area (Å²) in [4.78, 5) is 2.59. The summed E-state index contributed by atoms with van der Waals surface area (Å²) >= 11 is 0. The van der Waals surface area contributed by atoms with Crippen molar-refractivity contribution in [3.8, 4) is 0 Å². The second-order valence-corrected chi connectivity index (χ2v) is 6.77. The van der Waals surface area contributed by atoms with E-state index in [0.29, 0.717) is 17.6 Å². The molecule has 0 radical (unpaired) electrons. The van der Waals surface area contributed by atoms with E-state index in [1.54, 1.807) is 0 Å². The maximum atomic E-state index is 5.82. The van der Waals surface area contributed by atoms with Gasteiger partial charge in [0, 0.05) is 32.2 Å². The molecule has 2 fully saturated rings. The maximum Gasteiger partial charge on any atom is 0.0678 e. The van der Waals surface area contributed by atoms with Crippen LogP contribution in [0.25, 0.3) is 0 Å². The first-order valence-electron chi connectivity index (χ1n) is 7.62. The molecule has 1 aliphatic heterocycles. The summed E-state index contributed by atoms with van der Waals surface area (Å²) in [5.41, 5.74) is 0.402. The van der Waals surface area contributed by atoms with Crippen molar-refractivity contribution in [2.45, 2.75) is 65.2 Å². The molecular weight excluding hydrogens is 224 g/mol. The Hall–Kier alpha value is -0.120. The first-order valence-corrected chi connectivity index (χ1v) is 7.62. The highest BCUT2D eigenvalue weighted by Gasteiger charge is 2.31. The van der Waals surface area contributed by atoms with Crippen LogP contribution >= 0.6 is 0 Å². The molecule has 1 N–H and O–H groups in total. The first-order chi connectivity index (χ1) is 8.50. The van der Waals surface area contributed by atoms with E-state index >= 15 is 0 Å². The molecule has 0 aromatic carbocycles. The van der Waals surface area contributed by atoms with Gasteiger partial charge in [-0.05, 0) is 38.5 Å². The fraction of sp³-hybridized carbons (Fsp3) is 1.00. The van der Waals surface area contributed by atoms with E-state index in [4.69, 9.17) is 4.74 Å². The molecular formula is C15H30N2O. The molecule has 3 heteroatoms. The van der Waals surface area contributed by atoms with E-state index in [-0.39, 0.29) is 0 Å². The van der Waals surface area contributed by atoms with Crippen LogP contribution in [0.1, 0.15) is 47.0 Å². The Kier molecular flexibility index (Phi) is 4.68. The predicted octanol–water partition coefficient (Wildman–Crippen LogP) is 2.26. The quantitative estimate of drug-likeness (QED) is 0.787. The minimum absolute atomic E-state index is 0.381. The molecule has 3 unspecified atom stereocenters. The fourth-order valence-corrected chi connectivity index (χ4v) is 2.92. The largest absolute Gasteiger partial charge is 0.373 e. The zero-order valence-electron chi connectivity index (χ0n) is 12.5. The highest BCUT2D eigenvalue weighted by molar-refractivity contribution is 4.88. The monoisotopic (exact) mass is 254 g/mol. The molecule has 0 aromatic rings. The molecule has 1 aliphatic carbocycles. The van der Waals surface area contributed by atoms with Crippen LogP contribution in [0.4, 0.5) is 0 Å². The van der Waals surface area contributed by atoms with Crippen LogP contribution in [0, 0.1) is 5.41 Å². The lowest BCUT2D eigenvalue weighted by Crippen LogP contribution is -2.51. The summed E-state index contributed by atoms with van der Waals surface area (Å²) in [5.74, 6) is 0. The van der Waals surface area contributed by atoms with Crippen molar-refractivity contribution in [3.05, 3.63) is 0 Å². The van der Waals surface area contributed by atoms with Crippen LogP contribution in [0.2, 0.25) is 0 Å². The van der Waals surface area contributed by atoms with Crippen molar-refractivity contribution in [3.63, 3.8) is 0 Å². The number of rotatable bonds is 6. The summed E-state index contributed by atoms with van der Waals surface area (Å²) in [6.07, 6.45) is 4.77. The molecule has 1 saturated heterocycles. The Bertz CT molecular complexity index is 257. The lowest BCUT2D eigenvalue weighted by Gasteiger charge is -2.41. The molecule has 0 amide bonds. The third kappa shape index (κ3) is 4.22. The Balaban J connectivity index is 1.83. The second-order valence-electron chi connectivity index (χ2n) is 6.77. The molecule has 3 atom stereocenters. The van der Waals surface area contributed by atoms with Gasteiger partial charge in [0.2, 0.25) is 0 Å². The van der Waals surface area contributed by atoms with Gasteiger partial charge in [0.05, 0.1) is 12.2 Å². The zero-order valence-corrected chi connectivity index (χ0v) is 12.5. The molecule has 1 heterocycles. The molecule has 1 saturated carbocycles. The van der Waals surface area contributed by atoms with Crippen molar-refractivity contribution in [2.75, 3.05) is 26.2 Å². The third-order valence-corrected chi connectivity index (χ3v) is 4.35. The number of hydrogen-bond donors (Lipinski definition) is 1. The summed E-state index contributed by atoms with van der Waals surface area (Å²) in [5, 5.41) is 3.70. The van der Waals surface area contributed by atoms with E-state index in [1.807, 2.05) is 0 Å². The van der Waals surface area contributed by atoms with Crippen LogP contribution < -0.4 is 5.32 Å². The van der Waals surface area contributed by atoms with Gasteiger partial charge >= 0.3 is 0 Å². The Morgan fingerprint density at radius 1 is 1.22 bits per heavy atom. The minimum Gasteiger partial charge on any atom is -0.373 e. The SMILES string of the molecule is CCC(C)(CNC1CC1)CN1CC(C)OC(C)C1. The van der Waals surface area contributed by atoms with E-state index in [9.17, 15) is 0 Å². The van der Waals surface area contributed by atoms with E-state index in [2.05, 4.69) is 37.9 Å². The smallest absolute Gasteiger partial charge is 0.0678 e. The van der Waals surface area contributed by atoms with Gasteiger partial charge in [-0.15, -0.1) is 0 Å². The lowest BCUT2D eigenvalue weighted by molar-refractivity contribution is -0.0768. The van der Waals surface area contributed by atoms with Gasteiger partial charge in [0.1, 0.15) is 0 Å². The van der Waals surface area contributed by atoms with Crippen molar-refractivity contribution in [1.29, 1.82) is 0 Å². The van der Waals surface area contributed by atoms with Crippen LogP contribution in [0.5, 0.6) is 0 Å². The van der Waals surface area contributed by atoms with Gasteiger partial charge < -0.3 is 10.1 Å². The number of morpholine rings is 1. The van der Waals surface area contributed by atoms with Gasteiger partial charge in [-0.2, -0.15) is 0 Å². The van der Waals surface area contributed by atoms with Crippen LogP contribution in [0.15, 0.2) is 0 Å². The first kappa shape index (κ1) is 14.3. The van der Waals surface area contributed by atoms with Crippen LogP contribution in [-0.2, 0) is 4.74 Å². The van der Waals surface area contributed by atoms with Crippen LogP contribution in [0.3, 0.4) is 0 Å². The maximum absolute atomic E-state index is 5.82. The standard InChI is InChI=1S/C15H30N2O/c1-5-15(4,10-16-14-6-7-14)11-17-8-12(2)18-13(3)9-17/h12-14,16H,5-11H2,1-4H3. The summed E-state index contributed by atoms with van der Waals surface area (Å²) in [7, 11) is 0. The molecule has 2 rings (SSSR count). The van der Waals surface area contributed by atoms with Gasteiger partial charge in [-0.1, -0.05) is 13.8 Å². The molecule has 0 aromatic heterocycles. The van der Waals surface area contributed by atoms with Crippen molar-refractivity contribution in [1.82, 2.24) is 10.2 Å². The molecule has 0 bridgehead atoms. The van der Waals surface area contributed by atoms with Crippen LogP contribution in [-0.4, -0.2) is 49.3 Å². The summed E-state index contributed by atoms with van der Waals surface area (Å²) in [6.45, 7) is 13.7.